The van der Waals surface area contributed by atoms with Gasteiger partial charge in [0.25, 0.3) is 0 Å². The second-order valence-electron chi connectivity index (χ2n) is 6.54. The molecule has 1 aliphatic heterocycles. The third-order valence-corrected chi connectivity index (χ3v) is 5.30. The number of amides is 2. The number of rotatable bonds is 5. The molecule has 0 aliphatic carbocycles. The Morgan fingerprint density at radius 2 is 2.12 bits per heavy atom. The minimum absolute atomic E-state index is 0.260. The van der Waals surface area contributed by atoms with Crippen LogP contribution in [-0.4, -0.2) is 29.4 Å². The lowest BCUT2D eigenvalue weighted by molar-refractivity contribution is 0.0851. The van der Waals surface area contributed by atoms with Crippen LogP contribution in [0, 0.1) is 0 Å². The summed E-state index contributed by atoms with van der Waals surface area (Å²) in [6.07, 6.45) is 1.93. The first-order chi connectivity index (χ1) is 12.1. The average molecular weight is 360 g/mol. The SMILES string of the molecule is CC(C)c1cccc(CNC(=O)Nc2nnc(C3CCOCC3)s2)c1. The zero-order chi connectivity index (χ0) is 17.6. The fourth-order valence-electron chi connectivity index (χ4n) is 2.78. The van der Waals surface area contributed by atoms with Gasteiger partial charge >= 0.3 is 6.03 Å². The quantitative estimate of drug-likeness (QED) is 0.848. The predicted molar refractivity (Wildman–Crippen MR) is 99.1 cm³/mol. The summed E-state index contributed by atoms with van der Waals surface area (Å²) in [5.41, 5.74) is 2.35. The van der Waals surface area contributed by atoms with Crippen LogP contribution in [0.1, 0.15) is 54.7 Å². The molecule has 7 heteroatoms. The van der Waals surface area contributed by atoms with Crippen LogP contribution in [0.2, 0.25) is 0 Å². The number of aromatic nitrogens is 2. The van der Waals surface area contributed by atoms with E-state index >= 15 is 0 Å². The number of ether oxygens (including phenoxy) is 1. The van der Waals surface area contributed by atoms with Crippen LogP contribution in [0.15, 0.2) is 24.3 Å². The lowest BCUT2D eigenvalue weighted by Gasteiger charge is -2.18. The monoisotopic (exact) mass is 360 g/mol. The molecule has 1 fully saturated rings. The Hall–Kier alpha value is -1.99. The average Bonchev–Trinajstić information content (AvgIpc) is 3.09. The largest absolute Gasteiger partial charge is 0.381 e. The van der Waals surface area contributed by atoms with Gasteiger partial charge in [0.2, 0.25) is 5.13 Å². The Balaban J connectivity index is 1.51. The second-order valence-corrected chi connectivity index (χ2v) is 7.55. The van der Waals surface area contributed by atoms with Crippen molar-refractivity contribution in [2.75, 3.05) is 18.5 Å². The molecule has 0 spiro atoms. The molecule has 2 aromatic rings. The van der Waals surface area contributed by atoms with E-state index in [4.69, 9.17) is 4.74 Å². The minimum Gasteiger partial charge on any atom is -0.381 e. The first-order valence-corrected chi connectivity index (χ1v) is 9.48. The van der Waals surface area contributed by atoms with Crippen LogP contribution in [-0.2, 0) is 11.3 Å². The fraction of sp³-hybridized carbons (Fsp3) is 0.500. The molecule has 134 valence electrons. The number of urea groups is 1. The Bertz CT molecular complexity index is 711. The highest BCUT2D eigenvalue weighted by molar-refractivity contribution is 7.15. The molecule has 0 unspecified atom stereocenters. The van der Waals surface area contributed by atoms with Crippen molar-refractivity contribution in [2.45, 2.75) is 45.1 Å². The minimum atomic E-state index is -0.260. The van der Waals surface area contributed by atoms with E-state index in [1.54, 1.807) is 0 Å². The van der Waals surface area contributed by atoms with Gasteiger partial charge in [-0.3, -0.25) is 5.32 Å². The van der Waals surface area contributed by atoms with E-state index in [0.29, 0.717) is 23.5 Å². The highest BCUT2D eigenvalue weighted by Crippen LogP contribution is 2.30. The summed E-state index contributed by atoms with van der Waals surface area (Å²) >= 11 is 1.45. The number of hydrogen-bond donors (Lipinski definition) is 2. The smallest absolute Gasteiger partial charge is 0.321 e. The number of nitrogens with one attached hydrogen (secondary N) is 2. The van der Waals surface area contributed by atoms with Crippen molar-refractivity contribution in [3.63, 3.8) is 0 Å². The maximum absolute atomic E-state index is 12.1. The van der Waals surface area contributed by atoms with E-state index in [1.807, 2.05) is 12.1 Å². The first kappa shape index (κ1) is 17.8. The lowest BCUT2D eigenvalue weighted by atomic mass is 10.0. The van der Waals surface area contributed by atoms with Crippen LogP contribution in [0.4, 0.5) is 9.93 Å². The Morgan fingerprint density at radius 1 is 1.32 bits per heavy atom. The maximum Gasteiger partial charge on any atom is 0.321 e. The van der Waals surface area contributed by atoms with Gasteiger partial charge in [-0.1, -0.05) is 49.4 Å². The first-order valence-electron chi connectivity index (χ1n) is 8.66. The zero-order valence-electron chi connectivity index (χ0n) is 14.6. The molecule has 3 rings (SSSR count). The van der Waals surface area contributed by atoms with Gasteiger partial charge in [0, 0.05) is 25.7 Å². The van der Waals surface area contributed by atoms with Crippen LogP contribution >= 0.6 is 11.3 Å². The molecule has 1 aliphatic rings. The lowest BCUT2D eigenvalue weighted by Crippen LogP contribution is -2.28. The Kier molecular flexibility index (Phi) is 5.99. The number of hydrogen-bond acceptors (Lipinski definition) is 5. The summed E-state index contributed by atoms with van der Waals surface area (Å²) in [7, 11) is 0. The molecule has 0 saturated carbocycles. The molecular weight excluding hydrogens is 336 g/mol. The van der Waals surface area contributed by atoms with Crippen molar-refractivity contribution in [3.05, 3.63) is 40.4 Å². The molecule has 6 nitrogen and oxygen atoms in total. The van der Waals surface area contributed by atoms with Gasteiger partial charge in [0.1, 0.15) is 5.01 Å². The van der Waals surface area contributed by atoms with E-state index in [9.17, 15) is 4.79 Å². The molecular formula is C18H24N4O2S. The third-order valence-electron chi connectivity index (χ3n) is 4.30. The van der Waals surface area contributed by atoms with Crippen LogP contribution in [0.25, 0.3) is 0 Å². The Morgan fingerprint density at radius 3 is 2.88 bits per heavy atom. The van der Waals surface area contributed by atoms with Crippen molar-refractivity contribution >= 4 is 22.5 Å². The van der Waals surface area contributed by atoms with Crippen LogP contribution in [0.5, 0.6) is 0 Å². The zero-order valence-corrected chi connectivity index (χ0v) is 15.4. The molecule has 2 heterocycles. The van der Waals surface area contributed by atoms with Gasteiger partial charge in [0.05, 0.1) is 0 Å². The molecule has 2 N–H and O–H groups in total. The highest BCUT2D eigenvalue weighted by Gasteiger charge is 2.20. The number of carbonyl (C=O) groups excluding carboxylic acids is 1. The summed E-state index contributed by atoms with van der Waals surface area (Å²) in [5, 5.41) is 15.4. The summed E-state index contributed by atoms with van der Waals surface area (Å²) in [6.45, 7) is 6.33. The van der Waals surface area contributed by atoms with Gasteiger partial charge in [-0.25, -0.2) is 4.79 Å². The van der Waals surface area contributed by atoms with Gasteiger partial charge in [0.15, 0.2) is 0 Å². The summed E-state index contributed by atoms with van der Waals surface area (Å²) in [5.74, 6) is 0.863. The molecule has 0 bridgehead atoms. The van der Waals surface area contributed by atoms with E-state index in [2.05, 4.69) is 46.8 Å². The van der Waals surface area contributed by atoms with Crippen molar-refractivity contribution in [1.82, 2.24) is 15.5 Å². The van der Waals surface area contributed by atoms with Crippen molar-refractivity contribution in [1.29, 1.82) is 0 Å². The molecule has 1 saturated heterocycles. The van der Waals surface area contributed by atoms with E-state index in [1.165, 1.54) is 16.9 Å². The van der Waals surface area contributed by atoms with Crippen LogP contribution < -0.4 is 10.6 Å². The fourth-order valence-corrected chi connectivity index (χ4v) is 3.69. The van der Waals surface area contributed by atoms with Crippen molar-refractivity contribution in [3.8, 4) is 0 Å². The van der Waals surface area contributed by atoms with Gasteiger partial charge in [-0.15, -0.1) is 10.2 Å². The van der Waals surface area contributed by atoms with Crippen molar-refractivity contribution < 1.29 is 9.53 Å². The topological polar surface area (TPSA) is 76.1 Å². The second kappa shape index (κ2) is 8.40. The van der Waals surface area contributed by atoms with E-state index < -0.39 is 0 Å². The molecule has 25 heavy (non-hydrogen) atoms. The summed E-state index contributed by atoms with van der Waals surface area (Å²) < 4.78 is 5.37. The number of benzene rings is 1. The predicted octanol–water partition coefficient (Wildman–Crippen LogP) is 3.88. The molecule has 0 atom stereocenters. The van der Waals surface area contributed by atoms with Crippen molar-refractivity contribution in [2.24, 2.45) is 0 Å². The third kappa shape index (κ3) is 4.99. The number of nitrogens with zero attached hydrogens (tertiary/aromatic N) is 2. The number of anilines is 1. The highest BCUT2D eigenvalue weighted by atomic mass is 32.1. The molecule has 1 aromatic heterocycles. The standard InChI is InChI=1S/C18H24N4O2S/c1-12(2)15-5-3-4-13(10-15)11-19-17(23)20-18-22-21-16(25-18)14-6-8-24-9-7-14/h3-5,10,12,14H,6-9,11H2,1-2H3,(H2,19,20,22,23). The molecule has 1 aromatic carbocycles. The molecule has 2 amide bonds. The molecule has 0 radical (unpaired) electrons. The van der Waals surface area contributed by atoms with Gasteiger partial charge in [-0.2, -0.15) is 0 Å². The Labute approximate surface area is 152 Å². The number of carbonyl (C=O) groups is 1. The maximum atomic E-state index is 12.1. The summed E-state index contributed by atoms with van der Waals surface area (Å²) in [6, 6.07) is 8.01. The van der Waals surface area contributed by atoms with Gasteiger partial charge < -0.3 is 10.1 Å². The van der Waals surface area contributed by atoms with Crippen LogP contribution in [0.3, 0.4) is 0 Å². The van der Waals surface area contributed by atoms with Gasteiger partial charge in [-0.05, 0) is 29.9 Å². The summed E-state index contributed by atoms with van der Waals surface area (Å²) in [4.78, 5) is 12.1. The van der Waals surface area contributed by atoms with E-state index in [0.717, 1.165) is 36.6 Å². The van der Waals surface area contributed by atoms with E-state index in [-0.39, 0.29) is 6.03 Å². The normalized spacial score (nSPS) is 15.3.